The Morgan fingerprint density at radius 3 is 2.47 bits per heavy atom. The third-order valence-corrected chi connectivity index (χ3v) is 2.54. The maximum absolute atomic E-state index is 13.3. The summed E-state index contributed by atoms with van der Waals surface area (Å²) in [4.78, 5) is 0. The van der Waals surface area contributed by atoms with Crippen LogP contribution in [0.3, 0.4) is 0 Å². The van der Waals surface area contributed by atoms with Gasteiger partial charge in [-0.3, -0.25) is 0 Å². The van der Waals surface area contributed by atoms with Crippen LogP contribution < -0.4 is 15.8 Å². The summed E-state index contributed by atoms with van der Waals surface area (Å²) >= 11 is 0. The molecule has 2 aromatic carbocycles. The van der Waals surface area contributed by atoms with E-state index in [1.807, 2.05) is 6.92 Å². The van der Waals surface area contributed by atoms with Crippen molar-refractivity contribution in [2.24, 2.45) is 0 Å². The lowest BCUT2D eigenvalue weighted by molar-refractivity contribution is 0.340. The molecule has 3 N–H and O–H groups in total. The second-order valence-corrected chi connectivity index (χ2v) is 3.93. The van der Waals surface area contributed by atoms with Crippen LogP contribution in [0.5, 0.6) is 5.75 Å². The number of nitrogen functional groups attached to an aromatic ring is 1. The molecule has 0 aliphatic heterocycles. The van der Waals surface area contributed by atoms with Gasteiger partial charge in [0, 0.05) is 11.8 Å². The van der Waals surface area contributed by atoms with Gasteiger partial charge in [0.15, 0.2) is 5.82 Å². The fraction of sp³-hybridized carbons (Fsp3) is 0.143. The van der Waals surface area contributed by atoms with Crippen LogP contribution in [0, 0.1) is 11.6 Å². The highest BCUT2D eigenvalue weighted by Gasteiger charge is 2.08. The van der Waals surface area contributed by atoms with Crippen LogP contribution in [0.15, 0.2) is 36.4 Å². The molecule has 19 heavy (non-hydrogen) atoms. The molecule has 0 fully saturated rings. The van der Waals surface area contributed by atoms with Gasteiger partial charge in [0.2, 0.25) is 0 Å². The molecule has 0 aromatic heterocycles. The molecule has 0 bridgehead atoms. The van der Waals surface area contributed by atoms with Gasteiger partial charge in [0.25, 0.3) is 0 Å². The lowest BCUT2D eigenvalue weighted by Gasteiger charge is -2.11. The van der Waals surface area contributed by atoms with Gasteiger partial charge < -0.3 is 15.8 Å². The second kappa shape index (κ2) is 5.56. The molecule has 0 aliphatic carbocycles. The Bertz CT molecular complexity index is 570. The van der Waals surface area contributed by atoms with Gasteiger partial charge in [0.05, 0.1) is 18.0 Å². The van der Waals surface area contributed by atoms with Gasteiger partial charge in [-0.1, -0.05) is 0 Å². The van der Waals surface area contributed by atoms with E-state index in [1.165, 1.54) is 0 Å². The predicted octanol–water partition coefficient (Wildman–Crippen LogP) is 3.69. The third kappa shape index (κ3) is 3.13. The van der Waals surface area contributed by atoms with Crippen molar-refractivity contribution >= 4 is 17.1 Å². The van der Waals surface area contributed by atoms with Crippen LogP contribution in [0.25, 0.3) is 0 Å². The van der Waals surface area contributed by atoms with Gasteiger partial charge in [-0.05, 0) is 37.3 Å². The van der Waals surface area contributed by atoms with E-state index in [9.17, 15) is 8.78 Å². The molecular formula is C14H14F2N2O. The molecule has 0 aliphatic rings. The summed E-state index contributed by atoms with van der Waals surface area (Å²) in [6.07, 6.45) is 0. The monoisotopic (exact) mass is 264 g/mol. The van der Waals surface area contributed by atoms with Crippen LogP contribution in [0.2, 0.25) is 0 Å². The van der Waals surface area contributed by atoms with Crippen LogP contribution in [-0.2, 0) is 0 Å². The van der Waals surface area contributed by atoms with Crippen molar-refractivity contribution in [3.8, 4) is 5.75 Å². The topological polar surface area (TPSA) is 47.3 Å². The normalized spacial score (nSPS) is 10.3. The van der Waals surface area contributed by atoms with Crippen LogP contribution >= 0.6 is 0 Å². The Morgan fingerprint density at radius 2 is 1.84 bits per heavy atom. The molecular weight excluding hydrogens is 250 g/mol. The Morgan fingerprint density at radius 1 is 1.16 bits per heavy atom. The van der Waals surface area contributed by atoms with Gasteiger partial charge in [0.1, 0.15) is 11.6 Å². The van der Waals surface area contributed by atoms with Crippen molar-refractivity contribution in [1.29, 1.82) is 0 Å². The highest BCUT2D eigenvalue weighted by Crippen LogP contribution is 2.27. The van der Waals surface area contributed by atoms with Crippen molar-refractivity contribution < 1.29 is 13.5 Å². The molecule has 5 heteroatoms. The standard InChI is InChI=1S/C14H14F2N2O/c1-2-19-11-5-3-10(4-6-11)18-13-8-9(15)7-12(16)14(13)17/h3-8,18H,2,17H2,1H3. The lowest BCUT2D eigenvalue weighted by atomic mass is 10.2. The minimum Gasteiger partial charge on any atom is -0.494 e. The lowest BCUT2D eigenvalue weighted by Crippen LogP contribution is -2.00. The number of anilines is 3. The Hall–Kier alpha value is -2.30. The molecule has 100 valence electrons. The summed E-state index contributed by atoms with van der Waals surface area (Å²) in [5.74, 6) is -0.736. The van der Waals surface area contributed by atoms with Gasteiger partial charge in [-0.2, -0.15) is 0 Å². The summed E-state index contributed by atoms with van der Waals surface area (Å²) in [6.45, 7) is 2.47. The number of rotatable bonds is 4. The molecule has 0 atom stereocenters. The maximum atomic E-state index is 13.3. The van der Waals surface area contributed by atoms with E-state index >= 15 is 0 Å². The molecule has 0 saturated carbocycles. The summed E-state index contributed by atoms with van der Waals surface area (Å²) in [5.41, 5.74) is 6.30. The first-order valence-corrected chi connectivity index (χ1v) is 5.84. The Balaban J connectivity index is 2.21. The van der Waals surface area contributed by atoms with E-state index in [4.69, 9.17) is 10.5 Å². The number of benzene rings is 2. The number of halogens is 2. The molecule has 0 heterocycles. The van der Waals surface area contributed by atoms with E-state index in [0.717, 1.165) is 17.9 Å². The van der Waals surface area contributed by atoms with Crippen molar-refractivity contribution in [2.75, 3.05) is 17.7 Å². The average Bonchev–Trinajstić information content (AvgIpc) is 2.38. The van der Waals surface area contributed by atoms with E-state index in [-0.39, 0.29) is 11.4 Å². The molecule has 3 nitrogen and oxygen atoms in total. The van der Waals surface area contributed by atoms with Crippen molar-refractivity contribution in [3.63, 3.8) is 0 Å². The fourth-order valence-corrected chi connectivity index (χ4v) is 1.64. The van der Waals surface area contributed by atoms with Gasteiger partial charge in [-0.15, -0.1) is 0 Å². The molecule has 0 radical (unpaired) electrons. The first kappa shape index (κ1) is 13.1. The molecule has 0 spiro atoms. The van der Waals surface area contributed by atoms with E-state index in [0.29, 0.717) is 12.3 Å². The minimum absolute atomic E-state index is 0.115. The zero-order chi connectivity index (χ0) is 13.8. The van der Waals surface area contributed by atoms with Crippen molar-refractivity contribution in [1.82, 2.24) is 0 Å². The zero-order valence-corrected chi connectivity index (χ0v) is 10.4. The molecule has 2 aromatic rings. The molecule has 0 amide bonds. The number of hydrogen-bond acceptors (Lipinski definition) is 3. The average molecular weight is 264 g/mol. The largest absolute Gasteiger partial charge is 0.494 e. The van der Waals surface area contributed by atoms with E-state index in [1.54, 1.807) is 24.3 Å². The van der Waals surface area contributed by atoms with Gasteiger partial charge in [-0.25, -0.2) is 8.78 Å². The highest BCUT2D eigenvalue weighted by molar-refractivity contribution is 5.73. The number of ether oxygens (including phenoxy) is 1. The van der Waals surface area contributed by atoms with Crippen LogP contribution in [-0.4, -0.2) is 6.61 Å². The highest BCUT2D eigenvalue weighted by atomic mass is 19.1. The quantitative estimate of drug-likeness (QED) is 0.828. The first-order chi connectivity index (χ1) is 9.10. The van der Waals surface area contributed by atoms with Gasteiger partial charge >= 0.3 is 0 Å². The summed E-state index contributed by atoms with van der Waals surface area (Å²) in [6, 6.07) is 8.91. The predicted molar refractivity (Wildman–Crippen MR) is 71.7 cm³/mol. The van der Waals surface area contributed by atoms with Crippen LogP contribution in [0.4, 0.5) is 25.8 Å². The summed E-state index contributed by atoms with van der Waals surface area (Å²) < 4.78 is 31.7. The molecule has 0 saturated heterocycles. The SMILES string of the molecule is CCOc1ccc(Nc2cc(F)cc(F)c2N)cc1. The zero-order valence-electron chi connectivity index (χ0n) is 10.4. The van der Waals surface area contributed by atoms with Crippen molar-refractivity contribution in [3.05, 3.63) is 48.0 Å². The fourth-order valence-electron chi connectivity index (χ4n) is 1.64. The second-order valence-electron chi connectivity index (χ2n) is 3.93. The number of nitrogens with one attached hydrogen (secondary N) is 1. The molecule has 0 unspecified atom stereocenters. The number of hydrogen-bond donors (Lipinski definition) is 2. The number of nitrogens with two attached hydrogens (primary N) is 1. The molecule has 2 rings (SSSR count). The summed E-state index contributed by atoms with van der Waals surface area (Å²) in [5, 5.41) is 2.86. The first-order valence-electron chi connectivity index (χ1n) is 5.84. The van der Waals surface area contributed by atoms with Crippen molar-refractivity contribution in [2.45, 2.75) is 6.92 Å². The Labute approximate surface area is 110 Å². The van der Waals surface area contributed by atoms with E-state index in [2.05, 4.69) is 5.32 Å². The Kier molecular flexibility index (Phi) is 3.85. The van der Waals surface area contributed by atoms with Crippen LogP contribution in [0.1, 0.15) is 6.92 Å². The third-order valence-electron chi connectivity index (χ3n) is 2.54. The maximum Gasteiger partial charge on any atom is 0.151 e. The smallest absolute Gasteiger partial charge is 0.151 e. The van der Waals surface area contributed by atoms with E-state index < -0.39 is 11.6 Å². The summed E-state index contributed by atoms with van der Waals surface area (Å²) in [7, 11) is 0. The minimum atomic E-state index is -0.784.